The third kappa shape index (κ3) is 4.42. The highest BCUT2D eigenvalue weighted by Gasteiger charge is 2.14. The molecule has 3 aromatic rings. The second-order valence-corrected chi connectivity index (χ2v) is 6.16. The van der Waals surface area contributed by atoms with Crippen molar-refractivity contribution in [2.75, 3.05) is 11.9 Å². The summed E-state index contributed by atoms with van der Waals surface area (Å²) in [5.41, 5.74) is 1.61. The highest BCUT2D eigenvalue weighted by molar-refractivity contribution is 9.10. The van der Waals surface area contributed by atoms with Gasteiger partial charge in [-0.3, -0.25) is 24.9 Å². The molecule has 3 rings (SSSR count). The maximum Gasteiger partial charge on any atom is 0.338 e. The van der Waals surface area contributed by atoms with Crippen molar-refractivity contribution < 1.29 is 19.2 Å². The Morgan fingerprint density at radius 3 is 2.56 bits per heavy atom. The number of ether oxygens (including phenoxy) is 1. The second-order valence-electron chi connectivity index (χ2n) is 5.31. The highest BCUT2D eigenvalue weighted by atomic mass is 79.9. The van der Waals surface area contributed by atoms with Gasteiger partial charge in [-0.2, -0.15) is 0 Å². The van der Waals surface area contributed by atoms with E-state index in [2.05, 4.69) is 31.2 Å². The number of non-ortho nitro benzene ring substituents is 1. The molecule has 0 bridgehead atoms. The van der Waals surface area contributed by atoms with E-state index in [9.17, 15) is 19.7 Å². The van der Waals surface area contributed by atoms with E-state index in [0.29, 0.717) is 21.2 Å². The molecule has 0 aliphatic rings. The van der Waals surface area contributed by atoms with Crippen LogP contribution >= 0.6 is 15.9 Å². The van der Waals surface area contributed by atoms with E-state index in [1.165, 1.54) is 36.5 Å². The number of nitrogens with one attached hydrogen (secondary N) is 1. The van der Waals surface area contributed by atoms with E-state index in [-0.39, 0.29) is 11.3 Å². The number of hydrogen-bond acceptors (Lipinski definition) is 7. The molecule has 0 fully saturated rings. The van der Waals surface area contributed by atoms with Crippen LogP contribution in [0.25, 0.3) is 11.0 Å². The van der Waals surface area contributed by atoms with Gasteiger partial charge in [0.05, 0.1) is 27.2 Å². The van der Waals surface area contributed by atoms with Crippen molar-refractivity contribution in [3.05, 3.63) is 68.9 Å². The van der Waals surface area contributed by atoms with E-state index in [1.54, 1.807) is 12.3 Å². The molecular weight excluding hydrogens is 420 g/mol. The van der Waals surface area contributed by atoms with Crippen LogP contribution in [0.15, 0.2) is 53.3 Å². The molecule has 1 amide bonds. The number of anilines is 1. The predicted molar refractivity (Wildman–Crippen MR) is 99.2 cm³/mol. The number of esters is 1. The molecule has 27 heavy (non-hydrogen) atoms. The molecule has 0 saturated heterocycles. The number of nitrogens with zero attached hydrogens (tertiary/aromatic N) is 3. The van der Waals surface area contributed by atoms with Crippen LogP contribution < -0.4 is 5.32 Å². The lowest BCUT2D eigenvalue weighted by molar-refractivity contribution is -0.384. The van der Waals surface area contributed by atoms with Gasteiger partial charge >= 0.3 is 5.97 Å². The monoisotopic (exact) mass is 430 g/mol. The molecule has 9 nitrogen and oxygen atoms in total. The third-order valence-electron chi connectivity index (χ3n) is 3.48. The number of benzene rings is 2. The van der Waals surface area contributed by atoms with Crippen LogP contribution in [0.4, 0.5) is 11.4 Å². The predicted octanol–water partition coefficient (Wildman–Crippen LogP) is 3.10. The van der Waals surface area contributed by atoms with Crippen molar-refractivity contribution in [3.63, 3.8) is 0 Å². The molecule has 10 heteroatoms. The summed E-state index contributed by atoms with van der Waals surface area (Å²) >= 11 is 3.14. The second kappa shape index (κ2) is 7.87. The van der Waals surface area contributed by atoms with Crippen molar-refractivity contribution in [3.8, 4) is 0 Å². The summed E-state index contributed by atoms with van der Waals surface area (Å²) in [6.07, 6.45) is 3.05. The summed E-state index contributed by atoms with van der Waals surface area (Å²) in [6, 6.07) is 8.58. The van der Waals surface area contributed by atoms with Crippen LogP contribution in [0.1, 0.15) is 10.4 Å². The Balaban J connectivity index is 1.61. The molecule has 1 N–H and O–H groups in total. The van der Waals surface area contributed by atoms with Gasteiger partial charge < -0.3 is 10.1 Å². The Morgan fingerprint density at radius 2 is 1.85 bits per heavy atom. The average molecular weight is 431 g/mol. The van der Waals surface area contributed by atoms with E-state index in [1.807, 2.05) is 0 Å². The Kier molecular flexibility index (Phi) is 5.36. The molecule has 136 valence electrons. The zero-order valence-corrected chi connectivity index (χ0v) is 15.2. The van der Waals surface area contributed by atoms with E-state index < -0.39 is 23.4 Å². The van der Waals surface area contributed by atoms with Crippen molar-refractivity contribution in [1.82, 2.24) is 9.97 Å². The summed E-state index contributed by atoms with van der Waals surface area (Å²) in [4.78, 5) is 42.4. The molecule has 0 aliphatic heterocycles. The number of amides is 1. The Bertz CT molecular complexity index is 1060. The molecule has 0 spiro atoms. The number of nitro groups is 1. The van der Waals surface area contributed by atoms with Gasteiger partial charge in [-0.15, -0.1) is 0 Å². The van der Waals surface area contributed by atoms with Gasteiger partial charge in [0, 0.05) is 29.0 Å². The fourth-order valence-electron chi connectivity index (χ4n) is 2.21. The number of rotatable bonds is 5. The van der Waals surface area contributed by atoms with Gasteiger partial charge in [0.2, 0.25) is 0 Å². The van der Waals surface area contributed by atoms with Gasteiger partial charge in [0.1, 0.15) is 0 Å². The zero-order valence-electron chi connectivity index (χ0n) is 13.6. The molecule has 2 aromatic carbocycles. The molecule has 0 unspecified atom stereocenters. The fourth-order valence-corrected chi connectivity index (χ4v) is 2.68. The van der Waals surface area contributed by atoms with Crippen LogP contribution in [-0.4, -0.2) is 33.4 Å². The van der Waals surface area contributed by atoms with E-state index in [4.69, 9.17) is 4.74 Å². The summed E-state index contributed by atoms with van der Waals surface area (Å²) in [6.45, 7) is -0.513. The number of aromatic nitrogens is 2. The fraction of sp³-hybridized carbons (Fsp3) is 0.0588. The van der Waals surface area contributed by atoms with Crippen molar-refractivity contribution in [2.45, 2.75) is 0 Å². The average Bonchev–Trinajstić information content (AvgIpc) is 2.67. The normalized spacial score (nSPS) is 10.4. The molecule has 0 atom stereocenters. The molecule has 0 radical (unpaired) electrons. The Labute approximate surface area is 160 Å². The lowest BCUT2D eigenvalue weighted by atomic mass is 10.2. The SMILES string of the molecule is O=C(COC(=O)c1ccc2nccnc2c1)Nc1ccc([N+](=O)[O-])cc1Br. The van der Waals surface area contributed by atoms with Gasteiger partial charge in [-0.05, 0) is 40.2 Å². The first kappa shape index (κ1) is 18.4. The highest BCUT2D eigenvalue weighted by Crippen LogP contribution is 2.27. The summed E-state index contributed by atoms with van der Waals surface area (Å²) < 4.78 is 5.33. The topological polar surface area (TPSA) is 124 Å². The number of fused-ring (bicyclic) bond motifs is 1. The van der Waals surface area contributed by atoms with Gasteiger partial charge in [0.15, 0.2) is 6.61 Å². The minimum Gasteiger partial charge on any atom is -0.452 e. The first-order chi connectivity index (χ1) is 12.9. The molecular formula is C17H11BrN4O5. The lowest BCUT2D eigenvalue weighted by Crippen LogP contribution is -2.21. The van der Waals surface area contributed by atoms with Crippen molar-refractivity contribution in [2.24, 2.45) is 0 Å². The number of halogens is 1. The van der Waals surface area contributed by atoms with Crippen LogP contribution in [0.3, 0.4) is 0 Å². The third-order valence-corrected chi connectivity index (χ3v) is 4.13. The first-order valence-corrected chi connectivity index (χ1v) is 8.35. The quantitative estimate of drug-likeness (QED) is 0.374. The van der Waals surface area contributed by atoms with E-state index in [0.717, 1.165) is 0 Å². The lowest BCUT2D eigenvalue weighted by Gasteiger charge is -2.08. The molecule has 0 saturated carbocycles. The number of nitro benzene ring substituents is 1. The number of carbonyl (C=O) groups is 2. The van der Waals surface area contributed by atoms with Crippen LogP contribution in [-0.2, 0) is 9.53 Å². The van der Waals surface area contributed by atoms with Gasteiger partial charge in [-0.1, -0.05) is 0 Å². The summed E-state index contributed by atoms with van der Waals surface area (Å²) in [5.74, 6) is -1.26. The number of hydrogen-bond donors (Lipinski definition) is 1. The summed E-state index contributed by atoms with van der Waals surface area (Å²) in [7, 11) is 0. The molecule has 1 aromatic heterocycles. The molecule has 0 aliphatic carbocycles. The first-order valence-electron chi connectivity index (χ1n) is 7.56. The van der Waals surface area contributed by atoms with Gasteiger partial charge in [-0.25, -0.2) is 4.79 Å². The molecule has 1 heterocycles. The largest absolute Gasteiger partial charge is 0.452 e. The van der Waals surface area contributed by atoms with Crippen molar-refractivity contribution >= 4 is 50.2 Å². The van der Waals surface area contributed by atoms with Crippen LogP contribution in [0.5, 0.6) is 0 Å². The van der Waals surface area contributed by atoms with E-state index >= 15 is 0 Å². The standard InChI is InChI=1S/C17H11BrN4O5/c18-12-8-11(22(25)26)2-4-13(12)21-16(23)9-27-17(24)10-1-3-14-15(7-10)20-6-5-19-14/h1-8H,9H2,(H,21,23). The summed E-state index contributed by atoms with van der Waals surface area (Å²) in [5, 5.41) is 13.2. The Hall–Kier alpha value is -3.40. The van der Waals surface area contributed by atoms with Crippen LogP contribution in [0.2, 0.25) is 0 Å². The van der Waals surface area contributed by atoms with Gasteiger partial charge in [0.25, 0.3) is 11.6 Å². The van der Waals surface area contributed by atoms with Crippen LogP contribution in [0, 0.1) is 10.1 Å². The maximum absolute atomic E-state index is 12.1. The minimum atomic E-state index is -0.680. The maximum atomic E-state index is 12.1. The van der Waals surface area contributed by atoms with Crippen molar-refractivity contribution in [1.29, 1.82) is 0 Å². The Morgan fingerprint density at radius 1 is 1.11 bits per heavy atom. The minimum absolute atomic E-state index is 0.120. The number of carbonyl (C=O) groups excluding carboxylic acids is 2. The zero-order chi connectivity index (χ0) is 19.4. The smallest absolute Gasteiger partial charge is 0.338 e.